The summed E-state index contributed by atoms with van der Waals surface area (Å²) in [7, 11) is 0. The number of morpholine rings is 1. The van der Waals surface area contributed by atoms with Crippen LogP contribution in [0.2, 0.25) is 0 Å². The molecule has 2 aliphatic rings. The van der Waals surface area contributed by atoms with E-state index in [9.17, 15) is 9.59 Å². The fraction of sp³-hybridized carbons (Fsp3) is 0.529. The third-order valence-corrected chi connectivity index (χ3v) is 4.36. The van der Waals surface area contributed by atoms with E-state index in [1.807, 2.05) is 25.1 Å². The summed E-state index contributed by atoms with van der Waals surface area (Å²) >= 11 is 0. The third-order valence-electron chi connectivity index (χ3n) is 4.36. The Morgan fingerprint density at radius 2 is 2.33 bits per heavy atom. The maximum absolute atomic E-state index is 12.4. The van der Waals surface area contributed by atoms with Crippen LogP contribution in [0.15, 0.2) is 18.2 Å². The number of nitrogens with one attached hydrogen (secondary N) is 2. The van der Waals surface area contributed by atoms with Crippen molar-refractivity contribution in [3.05, 3.63) is 23.8 Å². The second kappa shape index (κ2) is 7.09. The van der Waals surface area contributed by atoms with E-state index in [1.54, 1.807) is 4.90 Å². The van der Waals surface area contributed by atoms with Crippen LogP contribution >= 0.6 is 0 Å². The number of carbonyl (C=O) groups excluding carboxylic acids is 2. The molecule has 0 aromatic heterocycles. The van der Waals surface area contributed by atoms with Gasteiger partial charge in [-0.2, -0.15) is 0 Å². The molecule has 3 rings (SSSR count). The lowest BCUT2D eigenvalue weighted by Crippen LogP contribution is -2.49. The number of ether oxygens (including phenoxy) is 2. The van der Waals surface area contributed by atoms with Crippen LogP contribution in [0.5, 0.6) is 5.75 Å². The Morgan fingerprint density at radius 1 is 1.50 bits per heavy atom. The molecule has 130 valence electrons. The van der Waals surface area contributed by atoms with Crippen molar-refractivity contribution in [3.63, 3.8) is 0 Å². The summed E-state index contributed by atoms with van der Waals surface area (Å²) in [4.78, 5) is 25.7. The normalized spacial score (nSPS) is 21.3. The largest absolute Gasteiger partial charge is 0.482 e. The molecule has 3 amide bonds. The number of rotatable bonds is 3. The van der Waals surface area contributed by atoms with Gasteiger partial charge in [0.15, 0.2) is 6.61 Å². The number of fused-ring (bicyclic) bond motifs is 1. The van der Waals surface area contributed by atoms with Gasteiger partial charge in [-0.3, -0.25) is 4.79 Å². The first-order valence-corrected chi connectivity index (χ1v) is 8.30. The quantitative estimate of drug-likeness (QED) is 0.885. The lowest BCUT2D eigenvalue weighted by molar-refractivity contribution is -0.118. The number of nitrogens with zero attached hydrogens (tertiary/aromatic N) is 1. The zero-order chi connectivity index (χ0) is 17.1. The van der Waals surface area contributed by atoms with Crippen molar-refractivity contribution in [2.24, 2.45) is 0 Å². The zero-order valence-electron chi connectivity index (χ0n) is 14.0. The van der Waals surface area contributed by atoms with Gasteiger partial charge < -0.3 is 25.0 Å². The van der Waals surface area contributed by atoms with Crippen LogP contribution < -0.4 is 15.4 Å². The molecule has 1 fully saturated rings. The van der Waals surface area contributed by atoms with Crippen LogP contribution in [0.3, 0.4) is 0 Å². The summed E-state index contributed by atoms with van der Waals surface area (Å²) in [6.45, 7) is 5.80. The highest BCUT2D eigenvalue weighted by atomic mass is 16.5. The number of hydrogen-bond donors (Lipinski definition) is 2. The van der Waals surface area contributed by atoms with Gasteiger partial charge in [-0.05, 0) is 31.0 Å². The summed E-state index contributed by atoms with van der Waals surface area (Å²) < 4.78 is 10.9. The fourth-order valence-electron chi connectivity index (χ4n) is 2.88. The lowest BCUT2D eigenvalue weighted by atomic mass is 10.1. The Bertz CT molecular complexity index is 634. The number of amides is 3. The maximum Gasteiger partial charge on any atom is 0.318 e. The van der Waals surface area contributed by atoms with E-state index in [1.165, 1.54) is 0 Å². The van der Waals surface area contributed by atoms with Crippen LogP contribution in [0, 0.1) is 0 Å². The molecule has 0 unspecified atom stereocenters. The number of anilines is 1. The average molecular weight is 333 g/mol. The first kappa shape index (κ1) is 16.6. The first-order valence-electron chi connectivity index (χ1n) is 8.30. The summed E-state index contributed by atoms with van der Waals surface area (Å²) in [5.74, 6) is 0.478. The molecule has 2 heterocycles. The molecule has 2 N–H and O–H groups in total. The van der Waals surface area contributed by atoms with Crippen LogP contribution in [-0.2, 0) is 9.53 Å². The SMILES string of the molecule is CC[C@H]1CN(C(=O)N[C@H](C)c2ccc3c(c2)NC(=O)CO3)CCO1. The van der Waals surface area contributed by atoms with Gasteiger partial charge in [0, 0.05) is 13.1 Å². The predicted octanol–water partition coefficient (Wildman–Crippen LogP) is 1.90. The molecule has 0 aliphatic carbocycles. The highest BCUT2D eigenvalue weighted by Gasteiger charge is 2.24. The minimum atomic E-state index is -0.176. The van der Waals surface area contributed by atoms with Gasteiger partial charge in [0.05, 0.1) is 24.4 Å². The van der Waals surface area contributed by atoms with Crippen molar-refractivity contribution in [2.75, 3.05) is 31.6 Å². The molecule has 0 saturated carbocycles. The van der Waals surface area contributed by atoms with Crippen molar-refractivity contribution >= 4 is 17.6 Å². The smallest absolute Gasteiger partial charge is 0.318 e. The van der Waals surface area contributed by atoms with E-state index in [0.29, 0.717) is 31.1 Å². The van der Waals surface area contributed by atoms with Gasteiger partial charge in [0.2, 0.25) is 0 Å². The van der Waals surface area contributed by atoms with Gasteiger partial charge in [-0.15, -0.1) is 0 Å². The molecule has 1 saturated heterocycles. The van der Waals surface area contributed by atoms with E-state index >= 15 is 0 Å². The first-order chi connectivity index (χ1) is 11.6. The molecule has 1 aromatic carbocycles. The lowest BCUT2D eigenvalue weighted by Gasteiger charge is -2.33. The minimum Gasteiger partial charge on any atom is -0.482 e. The van der Waals surface area contributed by atoms with E-state index in [0.717, 1.165) is 12.0 Å². The zero-order valence-corrected chi connectivity index (χ0v) is 14.0. The number of carbonyl (C=O) groups is 2. The van der Waals surface area contributed by atoms with Crippen LogP contribution in [-0.4, -0.2) is 49.2 Å². The summed E-state index contributed by atoms with van der Waals surface area (Å²) in [6.07, 6.45) is 1.00. The standard InChI is InChI=1S/C17H23N3O4/c1-3-13-9-20(6-7-23-13)17(22)18-11(2)12-4-5-15-14(8-12)19-16(21)10-24-15/h4-5,8,11,13H,3,6-7,9-10H2,1-2H3,(H,18,22)(H,19,21)/t11-,13+/m1/s1. The van der Waals surface area contributed by atoms with E-state index in [4.69, 9.17) is 9.47 Å². The number of benzene rings is 1. The van der Waals surface area contributed by atoms with Crippen LogP contribution in [0.25, 0.3) is 0 Å². The number of urea groups is 1. The Hall–Kier alpha value is -2.28. The third kappa shape index (κ3) is 3.62. The minimum absolute atomic E-state index is 0.0360. The molecule has 24 heavy (non-hydrogen) atoms. The average Bonchev–Trinajstić information content (AvgIpc) is 2.61. The molecular weight excluding hydrogens is 310 g/mol. The van der Waals surface area contributed by atoms with Crippen LogP contribution in [0.4, 0.5) is 10.5 Å². The monoisotopic (exact) mass is 333 g/mol. The van der Waals surface area contributed by atoms with Crippen molar-refractivity contribution in [3.8, 4) is 5.75 Å². The highest BCUT2D eigenvalue weighted by Crippen LogP contribution is 2.30. The fourth-order valence-corrected chi connectivity index (χ4v) is 2.88. The summed E-state index contributed by atoms with van der Waals surface area (Å²) in [5, 5.41) is 5.79. The van der Waals surface area contributed by atoms with Gasteiger partial charge in [-0.1, -0.05) is 13.0 Å². The molecule has 1 aromatic rings. The molecule has 7 heteroatoms. The summed E-state index contributed by atoms with van der Waals surface area (Å²) in [6, 6.07) is 5.28. The topological polar surface area (TPSA) is 79.9 Å². The van der Waals surface area contributed by atoms with Gasteiger partial charge in [-0.25, -0.2) is 4.79 Å². The van der Waals surface area contributed by atoms with E-state index in [-0.39, 0.29) is 30.7 Å². The Morgan fingerprint density at radius 3 is 3.12 bits per heavy atom. The van der Waals surface area contributed by atoms with Crippen molar-refractivity contribution < 1.29 is 19.1 Å². The van der Waals surface area contributed by atoms with Gasteiger partial charge in [0.25, 0.3) is 5.91 Å². The van der Waals surface area contributed by atoms with Gasteiger partial charge >= 0.3 is 6.03 Å². The molecule has 0 spiro atoms. The second-order valence-corrected chi connectivity index (χ2v) is 6.11. The molecule has 2 atom stereocenters. The Balaban J connectivity index is 1.64. The molecular formula is C17H23N3O4. The number of hydrogen-bond acceptors (Lipinski definition) is 4. The second-order valence-electron chi connectivity index (χ2n) is 6.11. The molecule has 7 nitrogen and oxygen atoms in total. The van der Waals surface area contributed by atoms with Gasteiger partial charge in [0.1, 0.15) is 5.75 Å². The van der Waals surface area contributed by atoms with Crippen molar-refractivity contribution in [2.45, 2.75) is 32.4 Å². The molecule has 2 aliphatic heterocycles. The highest BCUT2D eigenvalue weighted by molar-refractivity contribution is 5.95. The summed E-state index contributed by atoms with van der Waals surface area (Å²) in [5.41, 5.74) is 1.55. The Kier molecular flexibility index (Phi) is 4.89. The van der Waals surface area contributed by atoms with E-state index < -0.39 is 0 Å². The Labute approximate surface area is 141 Å². The van der Waals surface area contributed by atoms with Crippen molar-refractivity contribution in [1.29, 1.82) is 0 Å². The molecule has 0 bridgehead atoms. The van der Waals surface area contributed by atoms with Crippen LogP contribution in [0.1, 0.15) is 31.9 Å². The molecule has 0 radical (unpaired) electrons. The predicted molar refractivity (Wildman–Crippen MR) is 89.1 cm³/mol. The van der Waals surface area contributed by atoms with E-state index in [2.05, 4.69) is 17.6 Å². The maximum atomic E-state index is 12.4. The van der Waals surface area contributed by atoms with Crippen molar-refractivity contribution in [1.82, 2.24) is 10.2 Å².